The average molecular weight is 403 g/mol. The molecule has 9 N–H and O–H groups in total. The third-order valence-corrected chi connectivity index (χ3v) is 3.58. The van der Waals surface area contributed by atoms with Crippen LogP contribution in [0.3, 0.4) is 0 Å². The SMILES string of the molecule is CC(C)CC(NC(=O)C(NC(=O)CNC(=O)C(N)CC(N)=O)C(C)O)C(=O)O. The Bertz CT molecular complexity index is 594. The Labute approximate surface area is 162 Å². The molecule has 4 amide bonds. The second-order valence-electron chi connectivity index (χ2n) is 6.81. The normalized spacial score (nSPS) is 15.1. The van der Waals surface area contributed by atoms with Gasteiger partial charge < -0.3 is 37.6 Å². The van der Waals surface area contributed by atoms with E-state index in [1.807, 2.05) is 0 Å². The zero-order valence-electron chi connectivity index (χ0n) is 16.1. The summed E-state index contributed by atoms with van der Waals surface area (Å²) in [5.41, 5.74) is 10.3. The molecule has 0 bridgehead atoms. The summed E-state index contributed by atoms with van der Waals surface area (Å²) in [6.07, 6.45) is -1.57. The molecule has 28 heavy (non-hydrogen) atoms. The topological polar surface area (TPSA) is 214 Å². The summed E-state index contributed by atoms with van der Waals surface area (Å²) in [4.78, 5) is 57.8. The average Bonchev–Trinajstić information content (AvgIpc) is 2.55. The van der Waals surface area contributed by atoms with E-state index in [9.17, 15) is 34.2 Å². The standard InChI is InChI=1S/C16H29N5O7/c1-7(2)4-10(16(27)28)20-15(26)13(8(3)22)21-12(24)6-19-14(25)9(17)5-11(18)23/h7-10,13,22H,4-6,17H2,1-3H3,(H2,18,23)(H,19,25)(H,20,26)(H,21,24)(H,27,28). The van der Waals surface area contributed by atoms with Gasteiger partial charge in [-0.15, -0.1) is 0 Å². The van der Waals surface area contributed by atoms with E-state index in [0.717, 1.165) is 0 Å². The molecule has 4 unspecified atom stereocenters. The van der Waals surface area contributed by atoms with Gasteiger partial charge >= 0.3 is 5.97 Å². The Morgan fingerprint density at radius 3 is 2.00 bits per heavy atom. The van der Waals surface area contributed by atoms with Crippen LogP contribution in [0.2, 0.25) is 0 Å². The molecule has 160 valence electrons. The summed E-state index contributed by atoms with van der Waals surface area (Å²) >= 11 is 0. The Hall–Kier alpha value is -2.73. The number of aliphatic carboxylic acids is 1. The number of primary amides is 1. The number of hydrogen-bond acceptors (Lipinski definition) is 7. The lowest BCUT2D eigenvalue weighted by Crippen LogP contribution is -2.57. The quantitative estimate of drug-likeness (QED) is 0.175. The minimum absolute atomic E-state index is 0.0131. The van der Waals surface area contributed by atoms with Crippen LogP contribution in [0.15, 0.2) is 0 Å². The van der Waals surface area contributed by atoms with Gasteiger partial charge in [-0.1, -0.05) is 13.8 Å². The van der Waals surface area contributed by atoms with Gasteiger partial charge in [-0.05, 0) is 19.3 Å². The molecule has 0 aromatic heterocycles. The van der Waals surface area contributed by atoms with E-state index in [2.05, 4.69) is 16.0 Å². The Morgan fingerprint density at radius 1 is 1.00 bits per heavy atom. The fourth-order valence-electron chi connectivity index (χ4n) is 2.19. The lowest BCUT2D eigenvalue weighted by molar-refractivity contribution is -0.143. The predicted molar refractivity (Wildman–Crippen MR) is 97.4 cm³/mol. The Kier molecular flexibility index (Phi) is 10.7. The maximum Gasteiger partial charge on any atom is 0.326 e. The third-order valence-electron chi connectivity index (χ3n) is 3.58. The molecule has 4 atom stereocenters. The number of nitrogens with two attached hydrogens (primary N) is 2. The van der Waals surface area contributed by atoms with Crippen molar-refractivity contribution in [2.75, 3.05) is 6.54 Å². The first kappa shape index (κ1) is 25.3. The maximum absolute atomic E-state index is 12.3. The molecule has 0 aliphatic heterocycles. The van der Waals surface area contributed by atoms with E-state index in [1.165, 1.54) is 6.92 Å². The van der Waals surface area contributed by atoms with Gasteiger partial charge in [0.1, 0.15) is 12.1 Å². The molecule has 0 radical (unpaired) electrons. The summed E-state index contributed by atoms with van der Waals surface area (Å²) in [6, 6.07) is -3.84. The number of amides is 4. The molecule has 0 rings (SSSR count). The maximum atomic E-state index is 12.3. The highest BCUT2D eigenvalue weighted by atomic mass is 16.4. The number of aliphatic hydroxyl groups excluding tert-OH is 1. The van der Waals surface area contributed by atoms with Crippen molar-refractivity contribution >= 4 is 29.6 Å². The van der Waals surface area contributed by atoms with E-state index < -0.39 is 66.8 Å². The van der Waals surface area contributed by atoms with Crippen molar-refractivity contribution in [3.8, 4) is 0 Å². The molecule has 0 saturated heterocycles. The van der Waals surface area contributed by atoms with Gasteiger partial charge in [0, 0.05) is 0 Å². The van der Waals surface area contributed by atoms with Crippen LogP contribution in [0.25, 0.3) is 0 Å². The van der Waals surface area contributed by atoms with E-state index >= 15 is 0 Å². The highest BCUT2D eigenvalue weighted by Crippen LogP contribution is 2.06. The highest BCUT2D eigenvalue weighted by Gasteiger charge is 2.30. The van der Waals surface area contributed by atoms with Crippen molar-refractivity contribution < 1.29 is 34.2 Å². The summed E-state index contributed by atoms with van der Waals surface area (Å²) in [7, 11) is 0. The van der Waals surface area contributed by atoms with Crippen molar-refractivity contribution in [2.45, 2.75) is 57.8 Å². The van der Waals surface area contributed by atoms with Gasteiger partial charge in [-0.2, -0.15) is 0 Å². The van der Waals surface area contributed by atoms with Crippen molar-refractivity contribution in [1.29, 1.82) is 0 Å². The molecule has 0 aliphatic carbocycles. The van der Waals surface area contributed by atoms with Crippen LogP contribution in [0.5, 0.6) is 0 Å². The fraction of sp³-hybridized carbons (Fsp3) is 0.688. The van der Waals surface area contributed by atoms with E-state index in [4.69, 9.17) is 11.5 Å². The number of carboxylic acid groups (broad SMARTS) is 1. The van der Waals surface area contributed by atoms with Crippen molar-refractivity contribution in [3.63, 3.8) is 0 Å². The van der Waals surface area contributed by atoms with Gasteiger partial charge in [-0.3, -0.25) is 19.2 Å². The van der Waals surface area contributed by atoms with Gasteiger partial charge in [0.05, 0.1) is 25.1 Å². The molecule has 0 aromatic carbocycles. The summed E-state index contributed by atoms with van der Waals surface area (Å²) < 4.78 is 0. The van der Waals surface area contributed by atoms with Gasteiger partial charge in [-0.25, -0.2) is 4.79 Å². The van der Waals surface area contributed by atoms with Crippen molar-refractivity contribution in [2.24, 2.45) is 17.4 Å². The zero-order chi connectivity index (χ0) is 22.0. The molecule has 0 aromatic rings. The van der Waals surface area contributed by atoms with Crippen molar-refractivity contribution in [1.82, 2.24) is 16.0 Å². The van der Waals surface area contributed by atoms with E-state index in [0.29, 0.717) is 0 Å². The number of hydrogen-bond donors (Lipinski definition) is 7. The second-order valence-corrected chi connectivity index (χ2v) is 6.81. The summed E-state index contributed by atoms with van der Waals surface area (Å²) in [5.74, 6) is -4.54. The first-order valence-corrected chi connectivity index (χ1v) is 8.67. The van der Waals surface area contributed by atoms with Crippen molar-refractivity contribution in [3.05, 3.63) is 0 Å². The molecule has 0 heterocycles. The Balaban J connectivity index is 4.81. The minimum Gasteiger partial charge on any atom is -0.480 e. The minimum atomic E-state index is -1.43. The number of carboxylic acids is 1. The van der Waals surface area contributed by atoms with E-state index in [-0.39, 0.29) is 12.3 Å². The number of aliphatic hydroxyl groups is 1. The number of nitrogens with one attached hydrogen (secondary N) is 3. The molecule has 0 spiro atoms. The fourth-order valence-corrected chi connectivity index (χ4v) is 2.19. The van der Waals surface area contributed by atoms with Gasteiger partial charge in [0.15, 0.2) is 0 Å². The summed E-state index contributed by atoms with van der Waals surface area (Å²) in [5, 5.41) is 25.6. The second kappa shape index (κ2) is 11.9. The molecule has 0 fully saturated rings. The molecule has 0 saturated carbocycles. The first-order valence-electron chi connectivity index (χ1n) is 8.67. The van der Waals surface area contributed by atoms with Crippen LogP contribution in [-0.2, 0) is 24.0 Å². The summed E-state index contributed by atoms with van der Waals surface area (Å²) in [6.45, 7) is 4.23. The zero-order valence-corrected chi connectivity index (χ0v) is 16.1. The predicted octanol–water partition coefficient (Wildman–Crippen LogP) is -3.21. The lowest BCUT2D eigenvalue weighted by Gasteiger charge is -2.24. The highest BCUT2D eigenvalue weighted by molar-refractivity contribution is 5.93. The van der Waals surface area contributed by atoms with Crippen LogP contribution in [0, 0.1) is 5.92 Å². The van der Waals surface area contributed by atoms with Crippen LogP contribution < -0.4 is 27.4 Å². The largest absolute Gasteiger partial charge is 0.480 e. The third kappa shape index (κ3) is 9.83. The lowest BCUT2D eigenvalue weighted by atomic mass is 10.0. The Morgan fingerprint density at radius 2 is 1.57 bits per heavy atom. The number of rotatable bonds is 12. The number of carbonyl (C=O) groups is 5. The van der Waals surface area contributed by atoms with Gasteiger partial charge in [0.25, 0.3) is 0 Å². The monoisotopic (exact) mass is 403 g/mol. The molecule has 0 aliphatic rings. The first-order chi connectivity index (χ1) is 12.8. The molecule has 12 heteroatoms. The smallest absolute Gasteiger partial charge is 0.326 e. The van der Waals surface area contributed by atoms with Crippen LogP contribution in [-0.4, -0.2) is 70.6 Å². The number of carbonyl (C=O) groups excluding carboxylic acids is 4. The molecular weight excluding hydrogens is 374 g/mol. The van der Waals surface area contributed by atoms with Crippen LogP contribution in [0.1, 0.15) is 33.6 Å². The van der Waals surface area contributed by atoms with Gasteiger partial charge in [0.2, 0.25) is 23.6 Å². The van der Waals surface area contributed by atoms with E-state index in [1.54, 1.807) is 13.8 Å². The van der Waals surface area contributed by atoms with Crippen LogP contribution >= 0.6 is 0 Å². The van der Waals surface area contributed by atoms with Crippen LogP contribution in [0.4, 0.5) is 0 Å². The molecule has 12 nitrogen and oxygen atoms in total. The molecular formula is C16H29N5O7.